The van der Waals surface area contributed by atoms with Crippen LogP contribution in [0.5, 0.6) is 0 Å². The summed E-state index contributed by atoms with van der Waals surface area (Å²) < 4.78 is 1.95. The molecule has 5 nitrogen and oxygen atoms in total. The van der Waals surface area contributed by atoms with Crippen molar-refractivity contribution in [3.05, 3.63) is 36.2 Å². The Balaban J connectivity index is 1.25. The molecule has 0 unspecified atom stereocenters. The topological polar surface area (TPSA) is 59.8 Å². The molecular formula is C20H24N4OS. The monoisotopic (exact) mass is 368 g/mol. The lowest BCUT2D eigenvalue weighted by atomic mass is 10.1. The molecule has 3 saturated carbocycles. The van der Waals surface area contributed by atoms with E-state index in [9.17, 15) is 4.79 Å². The van der Waals surface area contributed by atoms with E-state index in [1.807, 2.05) is 22.9 Å². The van der Waals surface area contributed by atoms with E-state index in [1.165, 1.54) is 50.3 Å². The third kappa shape index (κ3) is 3.65. The fourth-order valence-corrected chi connectivity index (χ4v) is 4.26. The van der Waals surface area contributed by atoms with E-state index in [1.54, 1.807) is 0 Å². The van der Waals surface area contributed by atoms with Crippen LogP contribution in [0, 0.1) is 11.8 Å². The van der Waals surface area contributed by atoms with Gasteiger partial charge in [0.2, 0.25) is 11.1 Å². The number of nitrogens with one attached hydrogen (secondary N) is 1. The van der Waals surface area contributed by atoms with Crippen molar-refractivity contribution in [1.29, 1.82) is 0 Å². The van der Waals surface area contributed by atoms with Gasteiger partial charge >= 0.3 is 0 Å². The number of nitrogens with zero attached hydrogens (tertiary/aromatic N) is 3. The van der Waals surface area contributed by atoms with Crippen LogP contribution >= 0.6 is 11.8 Å². The maximum Gasteiger partial charge on any atom is 0.230 e. The zero-order valence-electron chi connectivity index (χ0n) is 14.8. The van der Waals surface area contributed by atoms with Gasteiger partial charge in [-0.2, -0.15) is 0 Å². The van der Waals surface area contributed by atoms with E-state index in [2.05, 4.69) is 22.5 Å². The molecule has 3 fully saturated rings. The number of rotatable bonds is 8. The van der Waals surface area contributed by atoms with Crippen LogP contribution in [0.4, 0.5) is 0 Å². The molecule has 0 radical (unpaired) electrons. The standard InChI is InChI=1S/C20H24N4OS/c25-17(21-18(13-6-7-13)14-8-9-14)12-26-20-22-19(15-10-11-15)24(23-20)16-4-2-1-3-5-16/h1-5,13-15,18H,6-12H2,(H,21,25). The van der Waals surface area contributed by atoms with Gasteiger partial charge in [0.1, 0.15) is 5.82 Å². The van der Waals surface area contributed by atoms with Gasteiger partial charge in [-0.1, -0.05) is 30.0 Å². The summed E-state index contributed by atoms with van der Waals surface area (Å²) in [6.45, 7) is 0. The lowest BCUT2D eigenvalue weighted by molar-refractivity contribution is -0.119. The highest BCUT2D eigenvalue weighted by molar-refractivity contribution is 7.99. The molecule has 1 aromatic carbocycles. The molecule has 0 bridgehead atoms. The van der Waals surface area contributed by atoms with Crippen molar-refractivity contribution >= 4 is 17.7 Å². The molecule has 26 heavy (non-hydrogen) atoms. The first-order valence-corrected chi connectivity index (χ1v) is 10.7. The molecular weight excluding hydrogens is 344 g/mol. The molecule has 1 amide bonds. The van der Waals surface area contributed by atoms with Crippen molar-refractivity contribution in [2.45, 2.75) is 55.6 Å². The first-order chi connectivity index (χ1) is 12.8. The second-order valence-corrected chi connectivity index (χ2v) is 8.77. The average Bonchev–Trinajstić information content (AvgIpc) is 3.53. The molecule has 3 aliphatic carbocycles. The maximum atomic E-state index is 12.4. The number of thioether (sulfide) groups is 1. The van der Waals surface area contributed by atoms with E-state index < -0.39 is 0 Å². The fourth-order valence-electron chi connectivity index (χ4n) is 3.62. The number of hydrogen-bond donors (Lipinski definition) is 1. The number of para-hydroxylation sites is 1. The Hall–Kier alpha value is -1.82. The van der Waals surface area contributed by atoms with E-state index in [-0.39, 0.29) is 5.91 Å². The SMILES string of the molecule is O=C(CSc1nc(C2CC2)n(-c2ccccc2)n1)NC(C1CC1)C1CC1. The Kier molecular flexibility index (Phi) is 4.23. The molecule has 1 aromatic heterocycles. The summed E-state index contributed by atoms with van der Waals surface area (Å²) in [7, 11) is 0. The van der Waals surface area contributed by atoms with E-state index >= 15 is 0 Å². The van der Waals surface area contributed by atoms with E-state index in [0.717, 1.165) is 23.3 Å². The van der Waals surface area contributed by atoms with Crippen molar-refractivity contribution in [3.63, 3.8) is 0 Å². The molecule has 0 saturated heterocycles. The van der Waals surface area contributed by atoms with Gasteiger partial charge in [-0.3, -0.25) is 4.79 Å². The highest BCUT2D eigenvalue weighted by Gasteiger charge is 2.42. The van der Waals surface area contributed by atoms with Crippen molar-refractivity contribution in [3.8, 4) is 5.69 Å². The maximum absolute atomic E-state index is 12.4. The van der Waals surface area contributed by atoms with Crippen LogP contribution in [0.25, 0.3) is 5.69 Å². The predicted octanol–water partition coefficient (Wildman–Crippen LogP) is 3.54. The quantitative estimate of drug-likeness (QED) is 0.724. The van der Waals surface area contributed by atoms with Crippen LogP contribution < -0.4 is 5.32 Å². The highest BCUT2D eigenvalue weighted by atomic mass is 32.2. The Morgan fingerprint density at radius 2 is 1.81 bits per heavy atom. The van der Waals surface area contributed by atoms with Crippen molar-refractivity contribution in [2.75, 3.05) is 5.75 Å². The molecule has 2 aromatic rings. The van der Waals surface area contributed by atoms with Crippen LogP contribution in [0.3, 0.4) is 0 Å². The van der Waals surface area contributed by atoms with Crippen LogP contribution in [0.2, 0.25) is 0 Å². The number of carbonyl (C=O) groups is 1. The van der Waals surface area contributed by atoms with Crippen molar-refractivity contribution < 1.29 is 4.79 Å². The minimum absolute atomic E-state index is 0.128. The van der Waals surface area contributed by atoms with Crippen LogP contribution in [-0.2, 0) is 4.79 Å². The molecule has 5 rings (SSSR count). The minimum Gasteiger partial charge on any atom is -0.352 e. The second-order valence-electron chi connectivity index (χ2n) is 7.83. The summed E-state index contributed by atoms with van der Waals surface area (Å²) in [5.41, 5.74) is 1.04. The summed E-state index contributed by atoms with van der Waals surface area (Å²) in [4.78, 5) is 17.1. The zero-order valence-corrected chi connectivity index (χ0v) is 15.6. The molecule has 136 valence electrons. The first kappa shape index (κ1) is 16.4. The van der Waals surface area contributed by atoms with Gasteiger partial charge in [0, 0.05) is 12.0 Å². The van der Waals surface area contributed by atoms with Gasteiger partial charge in [0.15, 0.2) is 0 Å². The number of aromatic nitrogens is 3. The molecule has 1 N–H and O–H groups in total. The summed E-state index contributed by atoms with van der Waals surface area (Å²) in [6, 6.07) is 10.6. The third-order valence-electron chi connectivity index (χ3n) is 5.48. The number of benzene rings is 1. The fraction of sp³-hybridized carbons (Fsp3) is 0.550. The van der Waals surface area contributed by atoms with Gasteiger partial charge in [-0.25, -0.2) is 9.67 Å². The van der Waals surface area contributed by atoms with Gasteiger partial charge < -0.3 is 5.32 Å². The van der Waals surface area contributed by atoms with Gasteiger partial charge in [-0.15, -0.1) is 5.10 Å². The summed E-state index contributed by atoms with van der Waals surface area (Å²) in [5.74, 6) is 3.54. The minimum atomic E-state index is 0.128. The second kappa shape index (κ2) is 6.72. The zero-order chi connectivity index (χ0) is 17.5. The summed E-state index contributed by atoms with van der Waals surface area (Å²) in [5, 5.41) is 8.66. The first-order valence-electron chi connectivity index (χ1n) is 9.72. The lowest BCUT2D eigenvalue weighted by Crippen LogP contribution is -2.39. The molecule has 3 aliphatic rings. The number of hydrogen-bond acceptors (Lipinski definition) is 4. The Morgan fingerprint density at radius 1 is 1.12 bits per heavy atom. The Labute approximate surface area is 158 Å². The Bertz CT molecular complexity index is 781. The van der Waals surface area contributed by atoms with Crippen LogP contribution in [-0.4, -0.2) is 32.5 Å². The van der Waals surface area contributed by atoms with Crippen molar-refractivity contribution in [2.24, 2.45) is 11.8 Å². The molecule has 1 heterocycles. The lowest BCUT2D eigenvalue weighted by Gasteiger charge is -2.17. The van der Waals surface area contributed by atoms with Crippen LogP contribution in [0.15, 0.2) is 35.5 Å². The van der Waals surface area contributed by atoms with Gasteiger partial charge in [-0.05, 0) is 62.5 Å². The molecule has 0 spiro atoms. The average molecular weight is 369 g/mol. The molecule has 0 atom stereocenters. The van der Waals surface area contributed by atoms with Gasteiger partial charge in [0.25, 0.3) is 0 Å². The summed E-state index contributed by atoms with van der Waals surface area (Å²) in [6.07, 6.45) is 7.48. The molecule has 6 heteroatoms. The number of carbonyl (C=O) groups excluding carboxylic acids is 1. The predicted molar refractivity (Wildman–Crippen MR) is 101 cm³/mol. The highest BCUT2D eigenvalue weighted by Crippen LogP contribution is 2.44. The number of amides is 1. The largest absolute Gasteiger partial charge is 0.352 e. The Morgan fingerprint density at radius 3 is 2.42 bits per heavy atom. The van der Waals surface area contributed by atoms with E-state index in [4.69, 9.17) is 4.98 Å². The smallest absolute Gasteiger partial charge is 0.230 e. The third-order valence-corrected chi connectivity index (χ3v) is 6.31. The molecule has 0 aliphatic heterocycles. The van der Waals surface area contributed by atoms with E-state index in [0.29, 0.717) is 22.9 Å². The van der Waals surface area contributed by atoms with Crippen LogP contribution in [0.1, 0.15) is 50.3 Å². The van der Waals surface area contributed by atoms with Gasteiger partial charge in [0.05, 0.1) is 11.4 Å². The normalized spacial score (nSPS) is 19.7. The van der Waals surface area contributed by atoms with Crippen molar-refractivity contribution in [1.82, 2.24) is 20.1 Å². The summed E-state index contributed by atoms with van der Waals surface area (Å²) >= 11 is 1.45.